The van der Waals surface area contributed by atoms with Crippen LogP contribution in [0.4, 0.5) is 0 Å². The lowest BCUT2D eigenvalue weighted by Gasteiger charge is -2.16. The Morgan fingerprint density at radius 1 is 1.41 bits per heavy atom. The summed E-state index contributed by atoms with van der Waals surface area (Å²) in [5.74, 6) is 2.56. The van der Waals surface area contributed by atoms with Gasteiger partial charge >= 0.3 is 0 Å². The molecular weight excluding hydrogens is 393 g/mol. The number of aromatic nitrogens is 2. The number of aliphatic imine (C=N–C) groups is 1. The van der Waals surface area contributed by atoms with Crippen LogP contribution in [0.3, 0.4) is 0 Å². The quantitative estimate of drug-likeness (QED) is 0.321. The molecule has 1 aromatic heterocycles. The minimum atomic E-state index is 0. The van der Waals surface area contributed by atoms with Gasteiger partial charge in [0.1, 0.15) is 0 Å². The van der Waals surface area contributed by atoms with E-state index in [-0.39, 0.29) is 24.0 Å². The molecule has 1 aliphatic carbocycles. The summed E-state index contributed by atoms with van der Waals surface area (Å²) in [5, 5.41) is 10.7. The minimum Gasteiger partial charge on any atom is -0.357 e. The first-order valence-electron chi connectivity index (χ1n) is 7.71. The number of rotatable bonds is 6. The van der Waals surface area contributed by atoms with Crippen molar-refractivity contribution in [2.24, 2.45) is 4.99 Å². The van der Waals surface area contributed by atoms with Gasteiger partial charge in [-0.2, -0.15) is 4.98 Å². The lowest BCUT2D eigenvalue weighted by molar-refractivity contribution is 0.372. The van der Waals surface area contributed by atoms with Crippen LogP contribution < -0.4 is 10.6 Å². The molecule has 1 aromatic rings. The Hall–Kier alpha value is -1.12. The minimum absolute atomic E-state index is 0. The van der Waals surface area contributed by atoms with E-state index >= 15 is 0 Å². The zero-order valence-corrected chi connectivity index (χ0v) is 15.8. The molecule has 0 saturated carbocycles. The summed E-state index contributed by atoms with van der Waals surface area (Å²) >= 11 is 0. The summed E-state index contributed by atoms with van der Waals surface area (Å²) in [5.41, 5.74) is 0. The first kappa shape index (κ1) is 18.9. The SMILES string of the molecule is CCNC(=NCCc1nc(C(C)C)no1)NC1CC=CC1.I. The Bertz CT molecular complexity index is 490. The highest BCUT2D eigenvalue weighted by Gasteiger charge is 2.12. The van der Waals surface area contributed by atoms with Gasteiger partial charge in [0.15, 0.2) is 11.8 Å². The van der Waals surface area contributed by atoms with Gasteiger partial charge in [-0.15, -0.1) is 24.0 Å². The largest absolute Gasteiger partial charge is 0.357 e. The van der Waals surface area contributed by atoms with E-state index in [1.807, 2.05) is 0 Å². The number of hydrogen-bond donors (Lipinski definition) is 2. The lowest BCUT2D eigenvalue weighted by Crippen LogP contribution is -2.42. The predicted octanol–water partition coefficient (Wildman–Crippen LogP) is 2.63. The molecule has 124 valence electrons. The topological polar surface area (TPSA) is 75.3 Å². The maximum atomic E-state index is 5.22. The van der Waals surface area contributed by atoms with Crippen LogP contribution in [0.15, 0.2) is 21.7 Å². The number of nitrogens with zero attached hydrogens (tertiary/aromatic N) is 3. The molecule has 0 atom stereocenters. The van der Waals surface area contributed by atoms with Crippen LogP contribution >= 0.6 is 24.0 Å². The first-order valence-corrected chi connectivity index (χ1v) is 7.71. The van der Waals surface area contributed by atoms with Gasteiger partial charge in [0, 0.05) is 24.9 Å². The van der Waals surface area contributed by atoms with Crippen LogP contribution in [0.5, 0.6) is 0 Å². The van der Waals surface area contributed by atoms with Crippen LogP contribution in [0.2, 0.25) is 0 Å². The molecule has 1 heterocycles. The fourth-order valence-electron chi connectivity index (χ4n) is 2.12. The molecule has 2 rings (SSSR count). The molecule has 2 N–H and O–H groups in total. The third-order valence-electron chi connectivity index (χ3n) is 3.29. The summed E-state index contributed by atoms with van der Waals surface area (Å²) in [6.45, 7) is 7.65. The zero-order chi connectivity index (χ0) is 15.1. The van der Waals surface area contributed by atoms with Crippen LogP contribution in [0.1, 0.15) is 51.2 Å². The van der Waals surface area contributed by atoms with Gasteiger partial charge in [0.2, 0.25) is 5.89 Å². The second-order valence-electron chi connectivity index (χ2n) is 5.50. The van der Waals surface area contributed by atoms with Crippen LogP contribution in [0.25, 0.3) is 0 Å². The van der Waals surface area contributed by atoms with Gasteiger partial charge in [-0.1, -0.05) is 31.2 Å². The standard InChI is InChI=1S/C15H25N5O.HI/c1-4-16-15(18-12-7-5-6-8-12)17-10-9-13-19-14(11(2)3)20-21-13;/h5-6,11-12H,4,7-10H2,1-3H3,(H2,16,17,18);1H. The second kappa shape index (κ2) is 9.81. The van der Waals surface area contributed by atoms with Gasteiger partial charge in [-0.05, 0) is 19.8 Å². The summed E-state index contributed by atoms with van der Waals surface area (Å²) in [4.78, 5) is 8.92. The Morgan fingerprint density at radius 3 is 2.73 bits per heavy atom. The van der Waals surface area contributed by atoms with Gasteiger partial charge in [0.05, 0.1) is 6.54 Å². The van der Waals surface area contributed by atoms with Crippen LogP contribution in [-0.2, 0) is 6.42 Å². The van der Waals surface area contributed by atoms with E-state index < -0.39 is 0 Å². The maximum absolute atomic E-state index is 5.22. The van der Waals surface area contributed by atoms with Gasteiger partial charge in [0.25, 0.3) is 0 Å². The molecule has 0 fully saturated rings. The van der Waals surface area contributed by atoms with Crippen molar-refractivity contribution < 1.29 is 4.52 Å². The van der Waals surface area contributed by atoms with Gasteiger partial charge < -0.3 is 15.2 Å². The fourth-order valence-corrected chi connectivity index (χ4v) is 2.12. The molecule has 0 spiro atoms. The average molecular weight is 419 g/mol. The summed E-state index contributed by atoms with van der Waals surface area (Å²) in [7, 11) is 0. The third kappa shape index (κ3) is 5.94. The molecule has 0 bridgehead atoms. The van der Waals surface area contributed by atoms with Crippen molar-refractivity contribution >= 4 is 29.9 Å². The molecule has 0 saturated heterocycles. The average Bonchev–Trinajstić information content (AvgIpc) is 3.10. The molecule has 0 unspecified atom stereocenters. The van der Waals surface area contributed by atoms with Crippen molar-refractivity contribution in [2.75, 3.05) is 13.1 Å². The van der Waals surface area contributed by atoms with Crippen LogP contribution in [-0.4, -0.2) is 35.2 Å². The van der Waals surface area contributed by atoms with E-state index in [9.17, 15) is 0 Å². The molecule has 7 heteroatoms. The van der Waals surface area contributed by atoms with Gasteiger partial charge in [-0.3, -0.25) is 4.99 Å². The number of halogens is 1. The monoisotopic (exact) mass is 419 g/mol. The molecule has 0 aromatic carbocycles. The Balaban J connectivity index is 0.00000242. The highest BCUT2D eigenvalue weighted by molar-refractivity contribution is 14.0. The van der Waals surface area contributed by atoms with Crippen molar-refractivity contribution in [2.45, 2.75) is 52.0 Å². The number of nitrogens with one attached hydrogen (secondary N) is 2. The normalized spacial score (nSPS) is 15.2. The smallest absolute Gasteiger partial charge is 0.228 e. The highest BCUT2D eigenvalue weighted by Crippen LogP contribution is 2.10. The Morgan fingerprint density at radius 2 is 2.14 bits per heavy atom. The van der Waals surface area contributed by atoms with Crippen molar-refractivity contribution in [3.63, 3.8) is 0 Å². The summed E-state index contributed by atoms with van der Waals surface area (Å²) < 4.78 is 5.22. The fraction of sp³-hybridized carbons (Fsp3) is 0.667. The molecule has 6 nitrogen and oxygen atoms in total. The summed E-state index contributed by atoms with van der Waals surface area (Å²) in [6.07, 6.45) is 7.19. The van der Waals surface area contributed by atoms with E-state index in [4.69, 9.17) is 4.52 Å². The van der Waals surface area contributed by atoms with Crippen molar-refractivity contribution in [3.05, 3.63) is 23.9 Å². The Kier molecular flexibility index (Phi) is 8.44. The lowest BCUT2D eigenvalue weighted by atomic mass is 10.2. The predicted molar refractivity (Wildman–Crippen MR) is 98.8 cm³/mol. The molecule has 0 aliphatic heterocycles. The highest BCUT2D eigenvalue weighted by atomic mass is 127. The van der Waals surface area contributed by atoms with E-state index in [1.54, 1.807) is 0 Å². The first-order chi connectivity index (χ1) is 10.2. The molecule has 0 radical (unpaired) electrons. The zero-order valence-electron chi connectivity index (χ0n) is 13.5. The van der Waals surface area contributed by atoms with Crippen molar-refractivity contribution in [1.82, 2.24) is 20.8 Å². The number of guanidine groups is 1. The van der Waals surface area contributed by atoms with Gasteiger partial charge in [-0.25, -0.2) is 0 Å². The van der Waals surface area contributed by atoms with Crippen molar-refractivity contribution in [1.29, 1.82) is 0 Å². The molecule has 22 heavy (non-hydrogen) atoms. The number of hydrogen-bond acceptors (Lipinski definition) is 4. The second-order valence-corrected chi connectivity index (χ2v) is 5.50. The van der Waals surface area contributed by atoms with Crippen molar-refractivity contribution in [3.8, 4) is 0 Å². The van der Waals surface area contributed by atoms with E-state index in [0.717, 1.165) is 31.2 Å². The molecule has 0 amide bonds. The van der Waals surface area contributed by atoms with E-state index in [2.05, 4.69) is 58.7 Å². The van der Waals surface area contributed by atoms with Crippen LogP contribution in [0, 0.1) is 0 Å². The van der Waals surface area contributed by atoms with E-state index in [0.29, 0.717) is 30.8 Å². The molecule has 1 aliphatic rings. The third-order valence-corrected chi connectivity index (χ3v) is 3.29. The summed E-state index contributed by atoms with van der Waals surface area (Å²) in [6, 6.07) is 0.457. The maximum Gasteiger partial charge on any atom is 0.228 e. The molecular formula is C15H26IN5O. The van der Waals surface area contributed by atoms with E-state index in [1.165, 1.54) is 0 Å². The Labute approximate surface area is 149 Å².